The maximum Gasteiger partial charge on any atom is 0.225 e. The number of H-pyrrole nitrogens is 1. The van der Waals surface area contributed by atoms with E-state index in [4.69, 9.17) is 4.74 Å². The molecular formula is C36H35N11O7S2. The van der Waals surface area contributed by atoms with Gasteiger partial charge >= 0.3 is 0 Å². The lowest BCUT2D eigenvalue weighted by molar-refractivity contribution is -0.117. The number of aryl methyl sites for hydroxylation is 1. The lowest BCUT2D eigenvalue weighted by Crippen LogP contribution is -2.29. The third-order valence-electron chi connectivity index (χ3n) is 7.76. The molecule has 18 nitrogen and oxygen atoms in total. The van der Waals surface area contributed by atoms with Crippen molar-refractivity contribution in [1.29, 1.82) is 0 Å². The van der Waals surface area contributed by atoms with Gasteiger partial charge in [-0.25, -0.2) is 46.7 Å². The molecule has 0 atom stereocenters. The van der Waals surface area contributed by atoms with E-state index in [-0.39, 0.29) is 63.1 Å². The smallest absolute Gasteiger partial charge is 0.225 e. The topological polar surface area (TPSA) is 244 Å². The first kappa shape index (κ1) is 38.9. The molecule has 6 aromatic rings. The molecule has 288 valence electrons. The van der Waals surface area contributed by atoms with Gasteiger partial charge in [0.05, 0.1) is 29.7 Å². The van der Waals surface area contributed by atoms with E-state index >= 15 is 0 Å². The zero-order chi connectivity index (χ0) is 40.2. The minimum Gasteiger partial charge on any atom is -0.435 e. The minimum atomic E-state index is -3.87. The Kier molecular flexibility index (Phi) is 11.0. The molecule has 0 aliphatic carbocycles. The van der Waals surface area contributed by atoms with Crippen LogP contribution >= 0.6 is 0 Å². The molecule has 20 heteroatoms. The van der Waals surface area contributed by atoms with E-state index in [2.05, 4.69) is 50.8 Å². The number of amides is 2. The van der Waals surface area contributed by atoms with E-state index in [1.165, 1.54) is 49.3 Å². The van der Waals surface area contributed by atoms with Crippen molar-refractivity contribution in [2.24, 2.45) is 0 Å². The van der Waals surface area contributed by atoms with E-state index < -0.39 is 25.6 Å². The predicted octanol–water partition coefficient (Wildman–Crippen LogP) is 4.96. The van der Waals surface area contributed by atoms with Crippen LogP contribution in [0.25, 0.3) is 11.4 Å². The number of aromatic amines is 1. The Morgan fingerprint density at radius 1 is 0.786 bits per heavy atom. The molecule has 0 radical (unpaired) electrons. The molecule has 0 unspecified atom stereocenters. The third kappa shape index (κ3) is 9.65. The van der Waals surface area contributed by atoms with Gasteiger partial charge in [-0.2, -0.15) is 0 Å². The first-order valence-electron chi connectivity index (χ1n) is 16.6. The fourth-order valence-corrected chi connectivity index (χ4v) is 6.59. The number of carbonyl (C=O) groups excluding carboxylic acids is 2. The second-order valence-electron chi connectivity index (χ2n) is 12.5. The van der Waals surface area contributed by atoms with Gasteiger partial charge < -0.3 is 25.7 Å². The lowest BCUT2D eigenvalue weighted by Gasteiger charge is -2.23. The number of hydrogen-bond donors (Lipinski definition) is 4. The summed E-state index contributed by atoms with van der Waals surface area (Å²) in [5.41, 5.74) is 2.11. The molecular weight excluding hydrogens is 763 g/mol. The van der Waals surface area contributed by atoms with Crippen LogP contribution in [0.5, 0.6) is 11.6 Å². The van der Waals surface area contributed by atoms with Crippen LogP contribution in [0.15, 0.2) is 95.6 Å². The number of nitrogens with zero attached hydrogens (tertiary/aromatic N) is 7. The molecule has 2 amide bonds. The van der Waals surface area contributed by atoms with Gasteiger partial charge in [-0.05, 0) is 48.4 Å². The van der Waals surface area contributed by atoms with Crippen LogP contribution < -0.4 is 25.6 Å². The van der Waals surface area contributed by atoms with Crippen molar-refractivity contribution in [3.63, 3.8) is 0 Å². The zero-order valence-corrected chi connectivity index (χ0v) is 32.2. The highest BCUT2D eigenvalue weighted by Gasteiger charge is 2.22. The van der Waals surface area contributed by atoms with Crippen LogP contribution in [0.2, 0.25) is 0 Å². The molecule has 0 saturated carbocycles. The van der Waals surface area contributed by atoms with E-state index in [0.717, 1.165) is 12.5 Å². The fourth-order valence-electron chi connectivity index (χ4n) is 5.29. The second-order valence-corrected chi connectivity index (χ2v) is 16.4. The molecule has 0 saturated heterocycles. The first-order chi connectivity index (χ1) is 26.5. The summed E-state index contributed by atoms with van der Waals surface area (Å²) in [5, 5.41) is 8.42. The van der Waals surface area contributed by atoms with E-state index in [1.54, 1.807) is 61.9 Å². The Hall–Kier alpha value is -6.80. The monoisotopic (exact) mass is 797 g/mol. The molecule has 0 fully saturated rings. The summed E-state index contributed by atoms with van der Waals surface area (Å²) in [5.74, 6) is 0.683. The van der Waals surface area contributed by atoms with Crippen LogP contribution in [-0.4, -0.2) is 76.0 Å². The van der Waals surface area contributed by atoms with Crippen LogP contribution in [0, 0.1) is 6.92 Å². The Labute approximate surface area is 321 Å². The van der Waals surface area contributed by atoms with Crippen molar-refractivity contribution in [1.82, 2.24) is 34.9 Å². The van der Waals surface area contributed by atoms with Crippen molar-refractivity contribution >= 4 is 66.1 Å². The number of anilines is 6. The van der Waals surface area contributed by atoms with Gasteiger partial charge in [0.1, 0.15) is 29.1 Å². The summed E-state index contributed by atoms with van der Waals surface area (Å²) >= 11 is 0. The average molecular weight is 798 g/mol. The SMILES string of the molecule is CC(=O)Nc1cc(Nc2cc(CN(C(C)=O)c3cc(Nc4cc(C)cc(S(C)(=O)=O)n4)c(Oc4ccccn4)cn3)cc(S(C)(=O)=O)n2)c(-c2ncc[nH]2)cn1. The zero-order valence-electron chi connectivity index (χ0n) is 30.6. The van der Waals surface area contributed by atoms with Crippen LogP contribution in [0.3, 0.4) is 0 Å². The highest BCUT2D eigenvalue weighted by molar-refractivity contribution is 7.90. The molecule has 56 heavy (non-hydrogen) atoms. The molecule has 0 bridgehead atoms. The molecule has 0 aliphatic rings. The summed E-state index contributed by atoms with van der Waals surface area (Å²) in [6.07, 6.45) is 9.62. The fraction of sp³-hybridized carbons (Fsp3) is 0.167. The van der Waals surface area contributed by atoms with E-state index in [0.29, 0.717) is 28.2 Å². The Morgan fingerprint density at radius 2 is 1.50 bits per heavy atom. The maximum atomic E-state index is 13.3. The van der Waals surface area contributed by atoms with Gasteiger partial charge in [0.25, 0.3) is 0 Å². The summed E-state index contributed by atoms with van der Waals surface area (Å²) in [4.78, 5) is 55.3. The molecule has 0 aromatic carbocycles. The number of sulfone groups is 2. The summed E-state index contributed by atoms with van der Waals surface area (Å²) in [7, 11) is -7.53. The number of ether oxygens (including phenoxy) is 1. The third-order valence-corrected chi connectivity index (χ3v) is 9.69. The quantitative estimate of drug-likeness (QED) is 0.121. The van der Waals surface area contributed by atoms with Gasteiger partial charge in [0.2, 0.25) is 17.7 Å². The second kappa shape index (κ2) is 15.9. The van der Waals surface area contributed by atoms with Crippen molar-refractivity contribution in [2.75, 3.05) is 33.4 Å². The van der Waals surface area contributed by atoms with Crippen molar-refractivity contribution in [3.05, 3.63) is 96.7 Å². The van der Waals surface area contributed by atoms with Crippen LogP contribution in [-0.2, 0) is 35.8 Å². The van der Waals surface area contributed by atoms with Gasteiger partial charge in [-0.3, -0.25) is 14.5 Å². The Balaban J connectivity index is 1.40. The maximum absolute atomic E-state index is 13.3. The van der Waals surface area contributed by atoms with E-state index in [1.807, 2.05) is 0 Å². The summed E-state index contributed by atoms with van der Waals surface area (Å²) in [6.45, 7) is 4.21. The van der Waals surface area contributed by atoms with Crippen molar-refractivity contribution in [2.45, 2.75) is 37.4 Å². The van der Waals surface area contributed by atoms with E-state index in [9.17, 15) is 26.4 Å². The summed E-state index contributed by atoms with van der Waals surface area (Å²) < 4.78 is 56.6. The van der Waals surface area contributed by atoms with Gasteiger partial charge in [-0.15, -0.1) is 0 Å². The lowest BCUT2D eigenvalue weighted by atomic mass is 10.2. The number of nitrogens with one attached hydrogen (secondary N) is 4. The standard InChI is InChI=1S/C36H35N11O7S2/c1-21-12-30(45-34(13-21)55(4,50)51)44-27-17-32(41-19-28(27)54-33-8-6-7-9-37-33)47(23(3)49)20-24-14-31(46-35(15-24)56(5,52)53)43-26-16-29(42-22(2)48)40-18-25(26)36-38-10-11-39-36/h6-19H,20H2,1-5H3,(H,38,39)(H,41,44,45)(H2,40,42,43,46,48). The number of carbonyl (C=O) groups is 2. The normalized spacial score (nSPS) is 11.4. The van der Waals surface area contributed by atoms with Gasteiger partial charge in [-0.1, -0.05) is 6.07 Å². The first-order valence-corrected chi connectivity index (χ1v) is 20.4. The number of imidazole rings is 1. The highest BCUT2D eigenvalue weighted by Crippen LogP contribution is 2.35. The van der Waals surface area contributed by atoms with Crippen molar-refractivity contribution < 1.29 is 31.2 Å². The van der Waals surface area contributed by atoms with Crippen molar-refractivity contribution in [3.8, 4) is 23.0 Å². The molecule has 6 heterocycles. The summed E-state index contributed by atoms with van der Waals surface area (Å²) in [6, 6.07) is 14.1. The largest absolute Gasteiger partial charge is 0.435 e. The number of pyridine rings is 5. The molecule has 6 rings (SSSR count). The molecule has 0 spiro atoms. The minimum absolute atomic E-state index is 0.0980. The molecule has 4 N–H and O–H groups in total. The highest BCUT2D eigenvalue weighted by atomic mass is 32.2. The van der Waals surface area contributed by atoms with Crippen LogP contribution in [0.4, 0.5) is 34.6 Å². The molecule has 0 aliphatic heterocycles. The Bertz CT molecular complexity index is 2660. The number of rotatable bonds is 13. The predicted molar refractivity (Wildman–Crippen MR) is 208 cm³/mol. The van der Waals surface area contributed by atoms with Gasteiger partial charge in [0, 0.05) is 69.3 Å². The Morgan fingerprint density at radius 3 is 2.14 bits per heavy atom. The van der Waals surface area contributed by atoms with Crippen LogP contribution in [0.1, 0.15) is 25.0 Å². The molecule has 6 aromatic heterocycles. The average Bonchev–Trinajstić information content (AvgIpc) is 3.66. The van der Waals surface area contributed by atoms with Gasteiger partial charge in [0.15, 0.2) is 35.5 Å². The number of aromatic nitrogens is 7. The number of hydrogen-bond acceptors (Lipinski definition) is 15.